The van der Waals surface area contributed by atoms with E-state index >= 15 is 0 Å². The number of aromatic nitrogens is 8. The molecule has 6 heterocycles. The van der Waals surface area contributed by atoms with Crippen LogP contribution in [0.3, 0.4) is 0 Å². The summed E-state index contributed by atoms with van der Waals surface area (Å²) in [4.78, 5) is 17.4. The molecule has 16 rings (SSSR count). The van der Waals surface area contributed by atoms with Gasteiger partial charge in [-0.25, -0.2) is 19.9 Å². The van der Waals surface area contributed by atoms with Crippen molar-refractivity contribution >= 4 is 87.2 Å². The molecule has 0 aliphatic rings. The zero-order valence-corrected chi connectivity index (χ0v) is 44.3. The van der Waals surface area contributed by atoms with Crippen LogP contribution in [-0.4, -0.2) is 38.2 Å². The van der Waals surface area contributed by atoms with Gasteiger partial charge in [-0.3, -0.25) is 0 Å². The summed E-state index contributed by atoms with van der Waals surface area (Å²) < 4.78 is 9.07. The van der Waals surface area contributed by atoms with E-state index in [0.717, 1.165) is 115 Å². The Bertz CT molecular complexity index is 5640. The lowest BCUT2D eigenvalue weighted by atomic mass is 10.0. The molecule has 12 heteroatoms. The highest BCUT2D eigenvalue weighted by Crippen LogP contribution is 2.46. The summed E-state index contributed by atoms with van der Waals surface area (Å²) in [5.74, 6) is 0.482. The second-order valence-electron chi connectivity index (χ2n) is 20.8. The van der Waals surface area contributed by atoms with E-state index in [-0.39, 0.29) is 5.82 Å². The van der Waals surface area contributed by atoms with Crippen LogP contribution in [0.25, 0.3) is 144 Å². The molecule has 0 N–H and O–H groups in total. The smallest absolute Gasteiger partial charge is 0.232 e. The van der Waals surface area contributed by atoms with Crippen molar-refractivity contribution in [1.29, 1.82) is 21.0 Å². The first kappa shape index (κ1) is 47.5. The number of benzene rings is 10. The first-order chi connectivity index (χ1) is 41.5. The first-order valence-corrected chi connectivity index (χ1v) is 27.2. The SMILES string of the molecule is N#Cc1cnc(-c2ccc(-n3c4cc(-c5ccc6c(c5)c5cc7c8ccccc8n(-c8ccccc8)c7cc5n6-c5ccc(-c6cnc(C#N)nc6)cc5C#N)ccc4c4ccc5c(c6ccccc6n5-c5ccccc5)c43)c(C#N)c2)nc1. The Morgan fingerprint density at radius 2 is 0.798 bits per heavy atom. The Hall–Kier alpha value is -12.5. The number of para-hydroxylation sites is 4. The van der Waals surface area contributed by atoms with Gasteiger partial charge in [0.2, 0.25) is 5.82 Å². The molecule has 12 nitrogen and oxygen atoms in total. The van der Waals surface area contributed by atoms with Gasteiger partial charge in [-0.2, -0.15) is 21.0 Å². The standard InChI is InChI=1S/C72H38N12/c73-35-43-39-79-72(80-40-43)47-22-26-61(49(30-47)37-75)84-66-32-46(19-23-54(66)55-24-28-65-70(71(55)84)56-16-8-10-18-63(56)81(65)51-11-3-1-4-12-51)45-21-27-64-57(31-45)59-33-58-53-15-7-9-17-62(53)82(52-13-5-2-6-14-52)67(58)34-68(59)83(64)60-25-20-44(29-48(60)36-74)50-41-77-69(38-76)78-42-50/h1-34,39-42H. The van der Waals surface area contributed by atoms with Crippen molar-refractivity contribution in [3.63, 3.8) is 0 Å². The second kappa shape index (κ2) is 18.6. The van der Waals surface area contributed by atoms with E-state index in [1.165, 1.54) is 12.4 Å². The fourth-order valence-electron chi connectivity index (χ4n) is 12.6. The lowest BCUT2D eigenvalue weighted by Crippen LogP contribution is -2.00. The van der Waals surface area contributed by atoms with Gasteiger partial charge in [0.1, 0.15) is 24.3 Å². The molecule has 0 atom stereocenters. The molecule has 0 spiro atoms. The monoisotopic (exact) mass is 1070 g/mol. The van der Waals surface area contributed by atoms with Crippen LogP contribution in [0.2, 0.25) is 0 Å². The molecule has 0 aliphatic carbocycles. The highest BCUT2D eigenvalue weighted by atomic mass is 15.0. The molecule has 10 aromatic carbocycles. The Kier molecular flexibility index (Phi) is 10.5. The Balaban J connectivity index is 0.961. The van der Waals surface area contributed by atoms with E-state index in [1.807, 2.05) is 54.6 Å². The third-order valence-corrected chi connectivity index (χ3v) is 16.3. The average molecular weight is 1070 g/mol. The Labute approximate surface area is 478 Å². The maximum atomic E-state index is 11.2. The van der Waals surface area contributed by atoms with Gasteiger partial charge in [0, 0.05) is 90.4 Å². The molecule has 0 aliphatic heterocycles. The molecule has 0 unspecified atom stereocenters. The zero-order valence-electron chi connectivity index (χ0n) is 44.3. The lowest BCUT2D eigenvalue weighted by molar-refractivity contribution is 1.11. The van der Waals surface area contributed by atoms with Crippen molar-refractivity contribution in [2.24, 2.45) is 0 Å². The maximum Gasteiger partial charge on any atom is 0.232 e. The molecule has 0 radical (unpaired) electrons. The van der Waals surface area contributed by atoms with Crippen LogP contribution in [-0.2, 0) is 0 Å². The molecule has 0 amide bonds. The predicted octanol–water partition coefficient (Wildman–Crippen LogP) is 16.1. The van der Waals surface area contributed by atoms with Crippen molar-refractivity contribution in [3.05, 3.63) is 254 Å². The molecule has 0 saturated heterocycles. The third kappa shape index (κ3) is 7.09. The van der Waals surface area contributed by atoms with Gasteiger partial charge in [-0.15, -0.1) is 0 Å². The topological polar surface area (TPSA) is 166 Å². The van der Waals surface area contributed by atoms with Crippen LogP contribution in [0.4, 0.5) is 0 Å². The van der Waals surface area contributed by atoms with Gasteiger partial charge in [-0.05, 0) is 120 Å². The molecule has 6 aromatic heterocycles. The highest BCUT2D eigenvalue weighted by Gasteiger charge is 2.25. The van der Waals surface area contributed by atoms with Gasteiger partial charge in [-0.1, -0.05) is 103 Å². The summed E-state index contributed by atoms with van der Waals surface area (Å²) in [5.41, 5.74) is 16.7. The van der Waals surface area contributed by atoms with Crippen LogP contribution in [0.15, 0.2) is 231 Å². The number of hydrogen-bond donors (Lipinski definition) is 0. The van der Waals surface area contributed by atoms with Gasteiger partial charge in [0.25, 0.3) is 0 Å². The summed E-state index contributed by atoms with van der Waals surface area (Å²) in [6, 6.07) is 80.7. The van der Waals surface area contributed by atoms with Gasteiger partial charge < -0.3 is 18.3 Å². The van der Waals surface area contributed by atoms with Crippen LogP contribution in [0.1, 0.15) is 22.5 Å². The van der Waals surface area contributed by atoms with E-state index in [4.69, 9.17) is 0 Å². The number of nitriles is 4. The van der Waals surface area contributed by atoms with E-state index < -0.39 is 0 Å². The molecule has 0 saturated carbocycles. The van der Waals surface area contributed by atoms with Gasteiger partial charge in [0.15, 0.2) is 5.82 Å². The van der Waals surface area contributed by atoms with Crippen molar-refractivity contribution < 1.29 is 0 Å². The minimum Gasteiger partial charge on any atom is -0.309 e. The van der Waals surface area contributed by atoms with E-state index in [2.05, 4.69) is 214 Å². The van der Waals surface area contributed by atoms with Crippen molar-refractivity contribution in [2.75, 3.05) is 0 Å². The second-order valence-corrected chi connectivity index (χ2v) is 20.8. The van der Waals surface area contributed by atoms with Crippen molar-refractivity contribution in [2.45, 2.75) is 0 Å². The van der Waals surface area contributed by atoms with Crippen molar-refractivity contribution in [1.82, 2.24) is 38.2 Å². The number of fused-ring (bicyclic) bond motifs is 13. The van der Waals surface area contributed by atoms with Crippen LogP contribution in [0, 0.1) is 45.3 Å². The van der Waals surface area contributed by atoms with Crippen molar-refractivity contribution in [3.8, 4) is 80.7 Å². The normalized spacial score (nSPS) is 11.5. The first-order valence-electron chi connectivity index (χ1n) is 27.2. The van der Waals surface area contributed by atoms with Crippen LogP contribution in [0.5, 0.6) is 0 Å². The van der Waals surface area contributed by atoms with E-state index in [1.54, 1.807) is 12.4 Å². The summed E-state index contributed by atoms with van der Waals surface area (Å²) in [5, 5.41) is 49.5. The molecular weight excluding hydrogens is 1030 g/mol. The van der Waals surface area contributed by atoms with Gasteiger partial charge in [0.05, 0.1) is 72.2 Å². The average Bonchev–Trinajstić information content (AvgIpc) is 2.08. The molecule has 386 valence electrons. The quantitative estimate of drug-likeness (QED) is 0.152. The van der Waals surface area contributed by atoms with Crippen LogP contribution < -0.4 is 0 Å². The van der Waals surface area contributed by atoms with Gasteiger partial charge >= 0.3 is 0 Å². The molecular formula is C72H38N12. The van der Waals surface area contributed by atoms with E-state index in [9.17, 15) is 21.0 Å². The molecule has 0 fully saturated rings. The molecule has 0 bridgehead atoms. The largest absolute Gasteiger partial charge is 0.309 e. The Morgan fingerprint density at radius 1 is 0.298 bits per heavy atom. The summed E-state index contributed by atoms with van der Waals surface area (Å²) in [6.45, 7) is 0. The minimum atomic E-state index is 0.0719. The number of hydrogen-bond acceptors (Lipinski definition) is 8. The summed E-state index contributed by atoms with van der Waals surface area (Å²) >= 11 is 0. The fourth-order valence-corrected chi connectivity index (χ4v) is 12.6. The lowest BCUT2D eigenvalue weighted by Gasteiger charge is -2.13. The predicted molar refractivity (Wildman–Crippen MR) is 330 cm³/mol. The number of rotatable bonds is 7. The third-order valence-electron chi connectivity index (χ3n) is 16.3. The zero-order chi connectivity index (χ0) is 56.2. The van der Waals surface area contributed by atoms with E-state index in [0.29, 0.717) is 45.0 Å². The molecule has 84 heavy (non-hydrogen) atoms. The Morgan fingerprint density at radius 3 is 1.50 bits per heavy atom. The fraction of sp³-hybridized carbons (Fsp3) is 0. The minimum absolute atomic E-state index is 0.0719. The molecule has 16 aromatic rings. The highest BCUT2D eigenvalue weighted by molar-refractivity contribution is 6.27. The summed E-state index contributed by atoms with van der Waals surface area (Å²) in [7, 11) is 0. The maximum absolute atomic E-state index is 11.2. The van der Waals surface area contributed by atoms with Crippen LogP contribution >= 0.6 is 0 Å². The number of nitrogens with zero attached hydrogens (tertiary/aromatic N) is 12. The summed E-state index contributed by atoms with van der Waals surface area (Å²) in [6.07, 6.45) is 6.20.